The van der Waals surface area contributed by atoms with Crippen LogP contribution in [-0.4, -0.2) is 4.57 Å². The van der Waals surface area contributed by atoms with E-state index in [9.17, 15) is 0 Å². The first-order chi connectivity index (χ1) is 47.6. The summed E-state index contributed by atoms with van der Waals surface area (Å²) in [5, 5.41) is 16.9. The fraction of sp³-hybridized carbons (Fsp3) is 0. The minimum Gasteiger partial charge on any atom is -0.456 e. The van der Waals surface area contributed by atoms with Gasteiger partial charge in [-0.1, -0.05) is 249 Å². The predicted octanol–water partition coefficient (Wildman–Crippen LogP) is 26.1. The first-order valence-electron chi connectivity index (χ1n) is 33.0. The van der Waals surface area contributed by atoms with E-state index in [2.05, 4.69) is 360 Å². The number of fused-ring (bicyclic) bond motifs is 14. The minimum atomic E-state index is 0.891. The minimum absolute atomic E-state index is 0.891. The summed E-state index contributed by atoms with van der Waals surface area (Å²) in [4.78, 5) is 4.81. The molecule has 0 aliphatic carbocycles. The van der Waals surface area contributed by atoms with Crippen LogP contribution >= 0.6 is 0 Å². The third-order valence-electron chi connectivity index (χ3n) is 19.8. The van der Waals surface area contributed by atoms with Crippen molar-refractivity contribution in [2.75, 3.05) is 9.80 Å². The summed E-state index contributed by atoms with van der Waals surface area (Å²) in [6.07, 6.45) is 0. The van der Waals surface area contributed by atoms with Crippen molar-refractivity contribution < 1.29 is 4.42 Å². The molecule has 0 bridgehead atoms. The van der Waals surface area contributed by atoms with Gasteiger partial charge in [-0.05, 0) is 202 Å². The van der Waals surface area contributed by atoms with Gasteiger partial charge >= 0.3 is 0 Å². The highest BCUT2D eigenvalue weighted by Gasteiger charge is 2.23. The molecule has 0 N–H and O–H groups in total. The molecule has 4 nitrogen and oxygen atoms in total. The highest BCUT2D eigenvalue weighted by molar-refractivity contribution is 6.26. The number of anilines is 6. The van der Waals surface area contributed by atoms with Gasteiger partial charge < -0.3 is 18.8 Å². The summed E-state index contributed by atoms with van der Waals surface area (Å²) in [6, 6.07) is 131. The van der Waals surface area contributed by atoms with Gasteiger partial charge in [-0.3, -0.25) is 0 Å². The molecule has 96 heavy (non-hydrogen) atoms. The van der Waals surface area contributed by atoms with Gasteiger partial charge in [-0.15, -0.1) is 0 Å². The first kappa shape index (κ1) is 54.9. The number of aromatic nitrogens is 1. The smallest absolute Gasteiger partial charge is 0.136 e. The van der Waals surface area contributed by atoms with Gasteiger partial charge in [0, 0.05) is 61.1 Å². The molecule has 0 aliphatic rings. The number of hydrogen-bond donors (Lipinski definition) is 0. The second-order valence-corrected chi connectivity index (χ2v) is 25.1. The highest BCUT2D eigenvalue weighted by Crippen LogP contribution is 2.47. The number of hydrogen-bond acceptors (Lipinski definition) is 3. The molecule has 0 radical (unpaired) electrons. The lowest BCUT2D eigenvalue weighted by atomic mass is 9.94. The van der Waals surface area contributed by atoms with E-state index in [1.54, 1.807) is 0 Å². The molecule has 448 valence electrons. The largest absolute Gasteiger partial charge is 0.456 e. The van der Waals surface area contributed by atoms with E-state index in [0.717, 1.165) is 106 Å². The molecule has 19 aromatic rings. The maximum atomic E-state index is 6.31. The number of nitrogens with zero attached hydrogens (tertiary/aromatic N) is 3. The Balaban J connectivity index is 0.777. The Morgan fingerprint density at radius 3 is 1.39 bits per heavy atom. The molecule has 17 aromatic carbocycles. The lowest BCUT2D eigenvalue weighted by Gasteiger charge is -2.28. The second-order valence-electron chi connectivity index (χ2n) is 25.1. The maximum absolute atomic E-state index is 6.31. The zero-order valence-electron chi connectivity index (χ0n) is 52.3. The molecule has 2 heterocycles. The highest BCUT2D eigenvalue weighted by atomic mass is 16.3. The van der Waals surface area contributed by atoms with E-state index in [0.29, 0.717) is 0 Å². The standard InChI is InChI=1S/C92H59N3O/c1-3-19-61(20-4-1)74-53-56-87(82-31-14-13-26-76(74)82)94(69-48-39-63(40-49-69)73-33-17-22-62-21-7-8-25-72(62)73)70-51-55-89-86(59-70)85-57-65(43-54-88(85)95(89)71-50-52-81-79-29-10-9-27-77(79)78-28-11-12-30-80(78)84(81)58-71)60-37-44-67(45-38-60)93(66-23-5-2-6-24-66)68-46-41-64(42-47-68)75-34-18-36-91-92(75)83-32-15-16-35-90(83)96-91/h1-59H. The van der Waals surface area contributed by atoms with E-state index >= 15 is 0 Å². The van der Waals surface area contributed by atoms with Gasteiger partial charge in [0.05, 0.1) is 16.7 Å². The van der Waals surface area contributed by atoms with Crippen molar-refractivity contribution in [3.05, 3.63) is 358 Å². The van der Waals surface area contributed by atoms with Crippen molar-refractivity contribution in [1.29, 1.82) is 0 Å². The number of benzene rings is 17. The summed E-state index contributed by atoms with van der Waals surface area (Å²) in [5.41, 5.74) is 20.9. The topological polar surface area (TPSA) is 24.6 Å². The van der Waals surface area contributed by atoms with E-state index in [-0.39, 0.29) is 0 Å². The van der Waals surface area contributed by atoms with Crippen molar-refractivity contribution in [1.82, 2.24) is 4.57 Å². The third kappa shape index (κ3) is 9.06. The summed E-state index contributed by atoms with van der Waals surface area (Å²) >= 11 is 0. The Morgan fingerprint density at radius 1 is 0.219 bits per heavy atom. The zero-order valence-corrected chi connectivity index (χ0v) is 52.3. The molecular weight excluding hydrogens is 1160 g/mol. The van der Waals surface area contributed by atoms with Gasteiger partial charge in [0.2, 0.25) is 0 Å². The Labute approximate surface area is 555 Å². The predicted molar refractivity (Wildman–Crippen MR) is 407 cm³/mol. The van der Waals surface area contributed by atoms with Gasteiger partial charge in [0.1, 0.15) is 11.2 Å². The van der Waals surface area contributed by atoms with E-state index < -0.39 is 0 Å². The Kier molecular flexibility index (Phi) is 12.9. The zero-order chi connectivity index (χ0) is 63.2. The van der Waals surface area contributed by atoms with Gasteiger partial charge in [-0.2, -0.15) is 0 Å². The quantitative estimate of drug-likeness (QED) is 0.121. The average molecular weight is 1220 g/mol. The number of furan rings is 1. The summed E-state index contributed by atoms with van der Waals surface area (Å²) in [6.45, 7) is 0. The second kappa shape index (κ2) is 22.5. The molecule has 0 aliphatic heterocycles. The normalized spacial score (nSPS) is 11.8. The van der Waals surface area contributed by atoms with Crippen LogP contribution in [0.5, 0.6) is 0 Å². The van der Waals surface area contributed by atoms with Crippen LogP contribution in [0.3, 0.4) is 0 Å². The van der Waals surface area contributed by atoms with Crippen molar-refractivity contribution in [3.63, 3.8) is 0 Å². The fourth-order valence-corrected chi connectivity index (χ4v) is 15.3. The Bertz CT molecular complexity index is 6210. The maximum Gasteiger partial charge on any atom is 0.136 e. The molecule has 4 heteroatoms. The van der Waals surface area contributed by atoms with Crippen LogP contribution in [0, 0.1) is 0 Å². The molecule has 2 aromatic heterocycles. The van der Waals surface area contributed by atoms with Crippen LogP contribution < -0.4 is 9.80 Å². The molecule has 0 amide bonds. The summed E-state index contributed by atoms with van der Waals surface area (Å²) in [5.74, 6) is 0. The van der Waals surface area contributed by atoms with Gasteiger partial charge in [-0.25, -0.2) is 0 Å². The van der Waals surface area contributed by atoms with Crippen LogP contribution in [0.2, 0.25) is 0 Å². The monoisotopic (exact) mass is 1220 g/mol. The van der Waals surface area contributed by atoms with E-state index in [1.807, 2.05) is 12.1 Å². The SMILES string of the molecule is c1ccc(-c2ccc(N(c3ccc(-c4cccc5ccccc45)cc3)c3ccc4c(c3)c3cc(-c5ccc(N(c6ccccc6)c6ccc(-c7cccc8oc9ccccc9c78)cc6)cc5)ccc3n4-c3ccc4c5ccccc5c5ccccc5c4c3)c3ccccc23)cc1. The van der Waals surface area contributed by atoms with Gasteiger partial charge in [0.25, 0.3) is 0 Å². The third-order valence-corrected chi connectivity index (χ3v) is 19.8. The number of para-hydroxylation sites is 2. The van der Waals surface area contributed by atoms with Crippen LogP contribution in [0.1, 0.15) is 0 Å². The molecule has 19 rings (SSSR count). The van der Waals surface area contributed by atoms with Crippen LogP contribution in [0.15, 0.2) is 362 Å². The summed E-state index contributed by atoms with van der Waals surface area (Å²) < 4.78 is 8.79. The Hall–Kier alpha value is -12.8. The fourth-order valence-electron chi connectivity index (χ4n) is 15.3. The van der Waals surface area contributed by atoms with E-state index in [4.69, 9.17) is 4.42 Å². The van der Waals surface area contributed by atoms with Gasteiger partial charge in [0.15, 0.2) is 0 Å². The molecule has 0 atom stereocenters. The Morgan fingerprint density at radius 2 is 0.677 bits per heavy atom. The molecule has 0 spiro atoms. The molecule has 0 unspecified atom stereocenters. The molecule has 0 saturated carbocycles. The average Bonchev–Trinajstić information content (AvgIpc) is 1.49. The van der Waals surface area contributed by atoms with Crippen LogP contribution in [0.4, 0.5) is 34.1 Å². The van der Waals surface area contributed by atoms with Crippen molar-refractivity contribution in [2.45, 2.75) is 0 Å². The molecule has 0 saturated heterocycles. The lowest BCUT2D eigenvalue weighted by Crippen LogP contribution is -2.10. The molecular formula is C92H59N3O. The van der Waals surface area contributed by atoms with Crippen LogP contribution in [-0.2, 0) is 0 Å². The lowest BCUT2D eigenvalue weighted by molar-refractivity contribution is 0.669. The van der Waals surface area contributed by atoms with Crippen molar-refractivity contribution >= 4 is 132 Å². The van der Waals surface area contributed by atoms with E-state index in [1.165, 1.54) is 76.1 Å². The van der Waals surface area contributed by atoms with Crippen molar-refractivity contribution in [2.24, 2.45) is 0 Å². The summed E-state index contributed by atoms with van der Waals surface area (Å²) in [7, 11) is 0. The number of rotatable bonds is 11. The van der Waals surface area contributed by atoms with Crippen LogP contribution in [0.25, 0.3) is 148 Å². The first-order valence-corrected chi connectivity index (χ1v) is 33.0. The van der Waals surface area contributed by atoms with Crippen molar-refractivity contribution in [3.8, 4) is 50.2 Å². The molecule has 0 fully saturated rings.